The molecule has 544 valence electrons. The predicted molar refractivity (Wildman–Crippen MR) is 480 cm³/mol. The molecule has 0 unspecified atom stereocenters. The van der Waals surface area contributed by atoms with Gasteiger partial charge in [0.15, 0.2) is 0 Å². The quantitative estimate of drug-likeness (QED) is 0.108. The van der Waals surface area contributed by atoms with Crippen LogP contribution in [-0.4, -0.2) is 4.57 Å². The summed E-state index contributed by atoms with van der Waals surface area (Å²) < 4.78 is 8.83. The number of rotatable bonds is 14. The molecule has 0 amide bonds. The highest BCUT2D eigenvalue weighted by atomic mass is 16.3. The Morgan fingerprint density at radius 3 is 1.17 bits per heavy atom. The summed E-state index contributed by atoms with van der Waals surface area (Å²) in [5, 5.41) is 3.55. The van der Waals surface area contributed by atoms with E-state index in [-0.39, 0.29) is 0 Å². The van der Waals surface area contributed by atoms with Crippen molar-refractivity contribution < 1.29 is 4.42 Å². The maximum Gasteiger partial charge on any atom is 0.135 e. The maximum absolute atomic E-state index is 6.45. The van der Waals surface area contributed by atoms with Crippen molar-refractivity contribution >= 4 is 66.9 Å². The molecule has 3 aliphatic rings. The van der Waals surface area contributed by atoms with Crippen molar-refractivity contribution in [3.05, 3.63) is 451 Å². The first-order chi connectivity index (χ1) is 56.5. The van der Waals surface area contributed by atoms with Crippen molar-refractivity contribution in [2.24, 2.45) is 0 Å². The first-order valence-corrected chi connectivity index (χ1v) is 40.1. The van der Waals surface area contributed by atoms with E-state index in [1.165, 1.54) is 133 Å². The van der Waals surface area contributed by atoms with E-state index in [2.05, 4.69) is 436 Å². The van der Waals surface area contributed by atoms with Crippen LogP contribution in [0.5, 0.6) is 0 Å². The van der Waals surface area contributed by atoms with E-state index >= 15 is 0 Å². The Morgan fingerprint density at radius 1 is 0.243 bits per heavy atom. The highest BCUT2D eigenvalue weighted by Gasteiger charge is 2.47. The molecular weight excluding hydrogens is 1390 g/mol. The number of fused-ring (bicyclic) bond motifs is 13. The van der Waals surface area contributed by atoms with Gasteiger partial charge in [0.25, 0.3) is 0 Å². The van der Waals surface area contributed by atoms with Gasteiger partial charge in [-0.3, -0.25) is 0 Å². The molecule has 4 nitrogen and oxygen atoms in total. The molecule has 115 heavy (non-hydrogen) atoms. The Kier molecular flexibility index (Phi) is 15.5. The molecular formula is C111H79N3O. The van der Waals surface area contributed by atoms with Gasteiger partial charge in [-0.15, -0.1) is 0 Å². The average Bonchev–Trinajstić information content (AvgIpc) is 1.56. The van der Waals surface area contributed by atoms with Gasteiger partial charge in [-0.25, -0.2) is 0 Å². The second kappa shape index (κ2) is 26.4. The summed E-state index contributed by atoms with van der Waals surface area (Å²) in [6.45, 7) is 9.80. The van der Waals surface area contributed by atoms with E-state index in [0.29, 0.717) is 0 Å². The lowest BCUT2D eigenvalue weighted by molar-refractivity contribution is 0.631. The van der Waals surface area contributed by atoms with E-state index in [4.69, 9.17) is 4.42 Å². The number of hydrogen-bond acceptors (Lipinski definition) is 3. The number of nitrogens with zero attached hydrogens (tertiary/aromatic N) is 3. The standard InChI is InChI=1S/C111H79N3O/c1-109(2)100-69-86(112(84-58-51-77(52-59-84)106-68-79-27-17-22-42-105(79)115-106)83-56-49-76(50-57-83)78-53-66-104-98(67-78)93-35-19-21-41-103(93)114(104)82-32-15-8-16-33-82)61-64-91(100)94-36-23-38-96(107(94)109)97-39-24-37-95-92-65-62-87(70-101(92)110(3,4)108(95)97)113(85-54-47-75(48-55-85)74-45-43-73(44-46-74)72-25-9-5-10-26-72)88-60-63-90-89-34-18-20-40-99(89)111(102(90)71-88,80-28-11-6-12-29-80)81-30-13-7-14-31-81/h5-71H,1-4H3. The van der Waals surface area contributed by atoms with Gasteiger partial charge in [0, 0.05) is 72.4 Å². The molecule has 0 aliphatic heterocycles. The summed E-state index contributed by atoms with van der Waals surface area (Å²) in [6.07, 6.45) is 0. The third-order valence-corrected chi connectivity index (χ3v) is 25.3. The van der Waals surface area contributed by atoms with Crippen molar-refractivity contribution in [2.75, 3.05) is 9.80 Å². The van der Waals surface area contributed by atoms with Gasteiger partial charge in [-0.2, -0.15) is 0 Å². The maximum atomic E-state index is 6.45. The molecule has 0 spiro atoms. The summed E-state index contributed by atoms with van der Waals surface area (Å²) in [4.78, 5) is 4.93. The first-order valence-electron chi connectivity index (χ1n) is 40.1. The molecule has 2 heterocycles. The second-order valence-electron chi connectivity index (χ2n) is 32.2. The van der Waals surface area contributed by atoms with Crippen LogP contribution in [0.3, 0.4) is 0 Å². The van der Waals surface area contributed by atoms with Crippen LogP contribution in [0.2, 0.25) is 0 Å². The normalized spacial score (nSPS) is 13.6. The van der Waals surface area contributed by atoms with Gasteiger partial charge in [0.1, 0.15) is 11.3 Å². The lowest BCUT2D eigenvalue weighted by Crippen LogP contribution is -2.28. The highest BCUT2D eigenvalue weighted by molar-refractivity contribution is 6.11. The van der Waals surface area contributed by atoms with Crippen LogP contribution in [0, 0.1) is 0 Å². The van der Waals surface area contributed by atoms with Gasteiger partial charge < -0.3 is 18.8 Å². The Balaban J connectivity index is 0.636. The molecule has 2 aromatic heterocycles. The van der Waals surface area contributed by atoms with Gasteiger partial charge in [0.2, 0.25) is 0 Å². The van der Waals surface area contributed by atoms with Crippen molar-refractivity contribution in [3.63, 3.8) is 0 Å². The Bertz CT molecular complexity index is 6960. The fourth-order valence-corrected chi connectivity index (χ4v) is 19.9. The number of benzene rings is 17. The molecule has 0 fully saturated rings. The molecule has 0 saturated heterocycles. The minimum absolute atomic E-state index is 0.400. The molecule has 17 aromatic carbocycles. The Hall–Kier alpha value is -14.3. The van der Waals surface area contributed by atoms with Crippen LogP contribution in [0.15, 0.2) is 411 Å². The summed E-state index contributed by atoms with van der Waals surface area (Å²) in [5.74, 6) is 0.847. The van der Waals surface area contributed by atoms with Gasteiger partial charge in [0.05, 0.1) is 16.4 Å². The van der Waals surface area contributed by atoms with Crippen molar-refractivity contribution in [3.8, 4) is 94.9 Å². The first kappa shape index (κ1) is 67.6. The lowest BCUT2D eigenvalue weighted by atomic mass is 9.67. The topological polar surface area (TPSA) is 24.6 Å². The number of para-hydroxylation sites is 3. The van der Waals surface area contributed by atoms with Crippen LogP contribution in [0.25, 0.3) is 128 Å². The zero-order valence-corrected chi connectivity index (χ0v) is 64.4. The van der Waals surface area contributed by atoms with E-state index < -0.39 is 16.2 Å². The summed E-state index contributed by atoms with van der Waals surface area (Å²) in [5.41, 5.74) is 38.1. The predicted octanol–water partition coefficient (Wildman–Crippen LogP) is 29.8. The summed E-state index contributed by atoms with van der Waals surface area (Å²) in [6, 6.07) is 151. The molecule has 19 aromatic rings. The summed E-state index contributed by atoms with van der Waals surface area (Å²) >= 11 is 0. The van der Waals surface area contributed by atoms with E-state index in [1.807, 2.05) is 12.1 Å². The minimum atomic E-state index is -0.578. The van der Waals surface area contributed by atoms with Crippen LogP contribution in [-0.2, 0) is 16.2 Å². The monoisotopic (exact) mass is 1470 g/mol. The molecule has 0 bridgehead atoms. The molecule has 4 heteroatoms. The SMILES string of the molecule is CC1(C)c2cc(N(c3ccc(-c4ccc5c(c4)c4ccccc4n5-c4ccccc4)cc3)c3ccc(-c4cc5ccccc5o4)cc3)ccc2-c2cccc(-c3cccc4c3C(C)(C)c3cc(N(c5ccc(-c6ccc(-c7ccccc7)cc6)cc5)c5ccc6c(c5)C(c5ccccc5)(c5ccccc5)c5ccccc5-6)ccc3-4)c21. The average molecular weight is 1470 g/mol. The van der Waals surface area contributed by atoms with Crippen molar-refractivity contribution in [1.82, 2.24) is 4.57 Å². The van der Waals surface area contributed by atoms with Crippen LogP contribution in [0.4, 0.5) is 34.1 Å². The number of aromatic nitrogens is 1. The van der Waals surface area contributed by atoms with Crippen LogP contribution in [0.1, 0.15) is 72.2 Å². The molecule has 0 atom stereocenters. The Morgan fingerprint density at radius 2 is 0.617 bits per heavy atom. The third kappa shape index (κ3) is 10.7. The molecule has 22 rings (SSSR count). The van der Waals surface area contributed by atoms with Gasteiger partial charge in [-0.1, -0.05) is 307 Å². The zero-order chi connectivity index (χ0) is 76.7. The number of hydrogen-bond donors (Lipinski definition) is 0. The fraction of sp³-hybridized carbons (Fsp3) is 0.0631. The minimum Gasteiger partial charge on any atom is -0.456 e. The molecule has 0 radical (unpaired) electrons. The number of anilines is 6. The van der Waals surface area contributed by atoms with E-state index in [0.717, 1.165) is 73.2 Å². The fourth-order valence-electron chi connectivity index (χ4n) is 19.9. The Labute approximate surface area is 671 Å². The van der Waals surface area contributed by atoms with Gasteiger partial charge in [-0.05, 0) is 250 Å². The third-order valence-electron chi connectivity index (χ3n) is 25.3. The van der Waals surface area contributed by atoms with Crippen LogP contribution >= 0.6 is 0 Å². The van der Waals surface area contributed by atoms with Crippen LogP contribution < -0.4 is 9.80 Å². The van der Waals surface area contributed by atoms with E-state index in [9.17, 15) is 0 Å². The van der Waals surface area contributed by atoms with Gasteiger partial charge >= 0.3 is 0 Å². The molecule has 3 aliphatic carbocycles. The zero-order valence-electron chi connectivity index (χ0n) is 64.4. The molecule has 0 N–H and O–H groups in total. The lowest BCUT2D eigenvalue weighted by Gasteiger charge is -2.35. The second-order valence-corrected chi connectivity index (χ2v) is 32.2. The van der Waals surface area contributed by atoms with Crippen molar-refractivity contribution in [1.29, 1.82) is 0 Å². The smallest absolute Gasteiger partial charge is 0.135 e. The number of furan rings is 1. The van der Waals surface area contributed by atoms with Crippen molar-refractivity contribution in [2.45, 2.75) is 43.9 Å². The highest BCUT2D eigenvalue weighted by Crippen LogP contribution is 2.61. The summed E-state index contributed by atoms with van der Waals surface area (Å²) in [7, 11) is 0. The largest absolute Gasteiger partial charge is 0.456 e. The van der Waals surface area contributed by atoms with E-state index in [1.54, 1.807) is 0 Å². The molecule has 0 saturated carbocycles.